The number of hydrogen-bond donors (Lipinski definition) is 0. The summed E-state index contributed by atoms with van der Waals surface area (Å²) in [6.07, 6.45) is 7.03. The third kappa shape index (κ3) is 6.43. The minimum absolute atomic E-state index is 0.0106. The number of anilines is 2. The van der Waals surface area contributed by atoms with E-state index in [-0.39, 0.29) is 17.6 Å². The second-order valence-corrected chi connectivity index (χ2v) is 13.2. The van der Waals surface area contributed by atoms with Crippen LogP contribution in [-0.2, 0) is 12.0 Å². The summed E-state index contributed by atoms with van der Waals surface area (Å²) in [6, 6.07) is 20.2. The van der Waals surface area contributed by atoms with Crippen LogP contribution >= 0.6 is 0 Å². The third-order valence-electron chi connectivity index (χ3n) is 9.79. The molecule has 0 radical (unpaired) electrons. The summed E-state index contributed by atoms with van der Waals surface area (Å²) in [5.41, 5.74) is 2.96. The number of benzene rings is 3. The second kappa shape index (κ2) is 13.2. The molecule has 7 rings (SSSR count). The van der Waals surface area contributed by atoms with Gasteiger partial charge >= 0.3 is 5.69 Å². The molecule has 0 spiro atoms. The molecule has 1 saturated heterocycles. The van der Waals surface area contributed by atoms with Gasteiger partial charge < -0.3 is 14.5 Å². The maximum atomic E-state index is 15.0. The van der Waals surface area contributed by atoms with Gasteiger partial charge in [0, 0.05) is 49.0 Å². The van der Waals surface area contributed by atoms with E-state index in [0.29, 0.717) is 25.1 Å². The molecule has 1 saturated carbocycles. The highest BCUT2D eigenvalue weighted by molar-refractivity contribution is 5.54. The highest BCUT2D eigenvalue weighted by Gasteiger charge is 2.43. The van der Waals surface area contributed by atoms with Gasteiger partial charge in [-0.1, -0.05) is 6.07 Å². The van der Waals surface area contributed by atoms with Crippen LogP contribution in [-0.4, -0.2) is 61.9 Å². The summed E-state index contributed by atoms with van der Waals surface area (Å²) in [5.74, 6) is -0.0712. The molecule has 250 valence electrons. The van der Waals surface area contributed by atoms with Crippen molar-refractivity contribution in [1.29, 1.82) is 0 Å². The predicted molar refractivity (Wildman–Crippen MR) is 180 cm³/mol. The van der Waals surface area contributed by atoms with Gasteiger partial charge in [0.2, 0.25) is 0 Å². The Kier molecular flexibility index (Phi) is 8.72. The summed E-state index contributed by atoms with van der Waals surface area (Å²) < 4.78 is 39.8. The molecule has 0 amide bonds. The molecule has 0 unspecified atom stereocenters. The van der Waals surface area contributed by atoms with E-state index >= 15 is 4.39 Å². The van der Waals surface area contributed by atoms with Gasteiger partial charge in [0.1, 0.15) is 36.4 Å². The van der Waals surface area contributed by atoms with Gasteiger partial charge in [0.15, 0.2) is 0 Å². The Hall–Kier alpha value is -5.00. The minimum Gasteiger partial charge on any atom is -0.493 e. The molecule has 2 aliphatic rings. The van der Waals surface area contributed by atoms with Crippen LogP contribution in [0.25, 0.3) is 5.69 Å². The number of aromatic nitrogens is 6. The monoisotopic (exact) mass is 654 g/mol. The molecular formula is C36H40F2N8O2. The molecule has 0 N–H and O–H groups in total. The molecule has 10 nitrogen and oxygen atoms in total. The number of hydrogen-bond acceptors (Lipinski definition) is 7. The van der Waals surface area contributed by atoms with Crippen LogP contribution in [0.2, 0.25) is 0 Å². The number of ether oxygens (including phenoxy) is 1. The fourth-order valence-corrected chi connectivity index (χ4v) is 7.26. The first kappa shape index (κ1) is 31.6. The Morgan fingerprint density at radius 1 is 0.875 bits per heavy atom. The van der Waals surface area contributed by atoms with Crippen molar-refractivity contribution in [3.63, 3.8) is 0 Å². The van der Waals surface area contributed by atoms with Gasteiger partial charge in [-0.3, -0.25) is 4.68 Å². The molecule has 1 aliphatic carbocycles. The SMILES string of the molecule is CC(C)n1ncn(-c2ccc(N3CCN(c4ccc(OC[C@@H]5CC[C@@](Cn6cncn6)(c6ccc(F)cc6F)C5)cc4)CC3)cc2)c1=O. The van der Waals surface area contributed by atoms with Crippen LogP contribution in [0, 0.1) is 17.6 Å². The van der Waals surface area contributed by atoms with E-state index in [0.717, 1.165) is 67.9 Å². The second-order valence-electron chi connectivity index (χ2n) is 13.2. The molecule has 2 fully saturated rings. The van der Waals surface area contributed by atoms with E-state index < -0.39 is 17.0 Å². The molecule has 2 aromatic heterocycles. The van der Waals surface area contributed by atoms with Gasteiger partial charge in [-0.15, -0.1) is 0 Å². The first-order valence-electron chi connectivity index (χ1n) is 16.6. The molecule has 48 heavy (non-hydrogen) atoms. The molecule has 2 atom stereocenters. The van der Waals surface area contributed by atoms with Gasteiger partial charge in [-0.25, -0.2) is 27.8 Å². The maximum absolute atomic E-state index is 15.0. The quantitative estimate of drug-likeness (QED) is 0.193. The van der Waals surface area contributed by atoms with Crippen molar-refractivity contribution in [3.8, 4) is 11.4 Å². The summed E-state index contributed by atoms with van der Waals surface area (Å²) in [5, 5.41) is 8.49. The Labute approximate surface area is 278 Å². The zero-order valence-corrected chi connectivity index (χ0v) is 27.3. The Morgan fingerprint density at radius 3 is 2.15 bits per heavy atom. The van der Waals surface area contributed by atoms with E-state index in [4.69, 9.17) is 4.74 Å². The molecule has 12 heteroatoms. The van der Waals surface area contributed by atoms with E-state index in [2.05, 4.69) is 49.2 Å². The van der Waals surface area contributed by atoms with Crippen molar-refractivity contribution in [1.82, 2.24) is 29.1 Å². The van der Waals surface area contributed by atoms with Crippen LogP contribution in [0.5, 0.6) is 5.75 Å². The van der Waals surface area contributed by atoms with Crippen LogP contribution < -0.4 is 20.2 Å². The summed E-state index contributed by atoms with van der Waals surface area (Å²) >= 11 is 0. The van der Waals surface area contributed by atoms with Gasteiger partial charge in [-0.2, -0.15) is 10.2 Å². The number of rotatable bonds is 10. The Balaban J connectivity index is 0.929. The van der Waals surface area contributed by atoms with Crippen LogP contribution in [0.15, 0.2) is 90.5 Å². The van der Waals surface area contributed by atoms with Crippen LogP contribution in [0.3, 0.4) is 0 Å². The van der Waals surface area contributed by atoms with Crippen molar-refractivity contribution in [2.45, 2.75) is 51.1 Å². The van der Waals surface area contributed by atoms with E-state index in [1.807, 2.05) is 38.1 Å². The lowest BCUT2D eigenvalue weighted by Gasteiger charge is -2.37. The maximum Gasteiger partial charge on any atom is 0.350 e. The van der Waals surface area contributed by atoms with Crippen molar-refractivity contribution >= 4 is 11.4 Å². The van der Waals surface area contributed by atoms with Crippen molar-refractivity contribution in [3.05, 3.63) is 113 Å². The van der Waals surface area contributed by atoms with Crippen LogP contribution in [0.4, 0.5) is 20.2 Å². The highest BCUT2D eigenvalue weighted by atomic mass is 19.1. The standard InChI is InChI=1S/C36H40F2N8O2/c1-26(2)46-35(47)45(25-41-46)31-6-4-29(5-7-31)42-15-17-43(18-16-42)30-8-10-32(11-9-30)48-21-27-13-14-36(20-27,22-44-24-39-23-40-44)33-12-3-28(37)19-34(33)38/h3-12,19,23-27H,13-18,20-22H2,1-2H3/t27-,36-/m1/s1. The summed E-state index contributed by atoms with van der Waals surface area (Å²) in [7, 11) is 0. The number of piperazine rings is 1. The first-order chi connectivity index (χ1) is 23.3. The zero-order valence-electron chi connectivity index (χ0n) is 27.3. The smallest absolute Gasteiger partial charge is 0.350 e. The average Bonchev–Trinajstić information content (AvgIpc) is 3.85. The molecule has 0 bridgehead atoms. The zero-order chi connectivity index (χ0) is 33.3. The Morgan fingerprint density at radius 2 is 1.54 bits per heavy atom. The highest BCUT2D eigenvalue weighted by Crippen LogP contribution is 2.46. The summed E-state index contributed by atoms with van der Waals surface area (Å²) in [4.78, 5) is 21.4. The molecule has 3 heterocycles. The third-order valence-corrected chi connectivity index (χ3v) is 9.79. The lowest BCUT2D eigenvalue weighted by Crippen LogP contribution is -2.46. The van der Waals surface area contributed by atoms with Gasteiger partial charge in [0.05, 0.1) is 24.9 Å². The predicted octanol–water partition coefficient (Wildman–Crippen LogP) is 5.63. The molecule has 5 aromatic rings. The molecule has 1 aliphatic heterocycles. The molecule has 3 aromatic carbocycles. The van der Waals surface area contributed by atoms with Gasteiger partial charge in [0.25, 0.3) is 0 Å². The number of nitrogens with zero attached hydrogens (tertiary/aromatic N) is 8. The van der Waals surface area contributed by atoms with E-state index in [1.54, 1.807) is 28.0 Å². The summed E-state index contributed by atoms with van der Waals surface area (Å²) in [6.45, 7) is 8.43. The first-order valence-corrected chi connectivity index (χ1v) is 16.6. The number of halogens is 2. The van der Waals surface area contributed by atoms with Gasteiger partial charge in [-0.05, 0) is 99.2 Å². The van der Waals surface area contributed by atoms with Crippen molar-refractivity contribution in [2.24, 2.45) is 5.92 Å². The van der Waals surface area contributed by atoms with E-state index in [9.17, 15) is 9.18 Å². The lowest BCUT2D eigenvalue weighted by molar-refractivity contribution is 0.237. The minimum atomic E-state index is -0.577. The molecular weight excluding hydrogens is 614 g/mol. The fourth-order valence-electron chi connectivity index (χ4n) is 7.26. The topological polar surface area (TPSA) is 86.2 Å². The lowest BCUT2D eigenvalue weighted by atomic mass is 9.77. The van der Waals surface area contributed by atoms with Crippen molar-refractivity contribution in [2.75, 3.05) is 42.6 Å². The van der Waals surface area contributed by atoms with E-state index in [1.165, 1.54) is 17.1 Å². The normalized spacial score (nSPS) is 19.7. The largest absolute Gasteiger partial charge is 0.493 e. The van der Waals surface area contributed by atoms with Crippen LogP contribution in [0.1, 0.15) is 44.7 Å². The fraction of sp³-hybridized carbons (Fsp3) is 0.389. The van der Waals surface area contributed by atoms with Crippen molar-refractivity contribution < 1.29 is 13.5 Å². The Bertz CT molecular complexity index is 1880. The average molecular weight is 655 g/mol.